The average molecular weight is 274 g/mol. The van der Waals surface area contributed by atoms with Crippen LogP contribution in [0.1, 0.15) is 18.6 Å². The predicted octanol–water partition coefficient (Wildman–Crippen LogP) is 2.80. The number of nitrogens with one attached hydrogen (secondary N) is 1. The molecule has 106 valence electrons. The molecule has 3 N–H and O–H groups in total. The van der Waals surface area contributed by atoms with E-state index in [1.807, 2.05) is 24.3 Å². The SMILES string of the molecule is Nc1ccccc1NC(=O)CCCOCc1ccco1. The van der Waals surface area contributed by atoms with Crippen molar-refractivity contribution in [3.63, 3.8) is 0 Å². The van der Waals surface area contributed by atoms with Crippen LogP contribution < -0.4 is 11.1 Å². The van der Waals surface area contributed by atoms with Gasteiger partial charge in [-0.3, -0.25) is 4.79 Å². The molecular formula is C15H18N2O3. The molecule has 0 aliphatic rings. The summed E-state index contributed by atoms with van der Waals surface area (Å²) in [6.45, 7) is 0.943. The van der Waals surface area contributed by atoms with Gasteiger partial charge < -0.3 is 20.2 Å². The summed E-state index contributed by atoms with van der Waals surface area (Å²) >= 11 is 0. The number of carbonyl (C=O) groups is 1. The van der Waals surface area contributed by atoms with Crippen LogP contribution in [0.4, 0.5) is 11.4 Å². The van der Waals surface area contributed by atoms with Crippen LogP contribution in [-0.4, -0.2) is 12.5 Å². The van der Waals surface area contributed by atoms with Crippen molar-refractivity contribution >= 4 is 17.3 Å². The maximum Gasteiger partial charge on any atom is 0.224 e. The smallest absolute Gasteiger partial charge is 0.224 e. The lowest BCUT2D eigenvalue weighted by Crippen LogP contribution is -2.13. The second-order valence-corrected chi connectivity index (χ2v) is 4.37. The summed E-state index contributed by atoms with van der Waals surface area (Å²) < 4.78 is 10.5. The van der Waals surface area contributed by atoms with E-state index in [0.29, 0.717) is 37.4 Å². The molecule has 0 saturated carbocycles. The van der Waals surface area contributed by atoms with E-state index in [-0.39, 0.29) is 5.91 Å². The molecule has 1 aromatic carbocycles. The van der Waals surface area contributed by atoms with E-state index in [9.17, 15) is 4.79 Å². The molecule has 0 saturated heterocycles. The fourth-order valence-corrected chi connectivity index (χ4v) is 1.73. The van der Waals surface area contributed by atoms with Crippen molar-refractivity contribution in [3.8, 4) is 0 Å². The van der Waals surface area contributed by atoms with Crippen molar-refractivity contribution in [2.75, 3.05) is 17.7 Å². The summed E-state index contributed by atoms with van der Waals surface area (Å²) in [6.07, 6.45) is 2.65. The van der Waals surface area contributed by atoms with Crippen LogP contribution in [0.5, 0.6) is 0 Å². The number of amides is 1. The third-order valence-electron chi connectivity index (χ3n) is 2.75. The summed E-state index contributed by atoms with van der Waals surface area (Å²) in [4.78, 5) is 11.7. The summed E-state index contributed by atoms with van der Waals surface area (Å²) in [5, 5.41) is 2.78. The number of ether oxygens (including phenoxy) is 1. The van der Waals surface area contributed by atoms with Crippen LogP contribution in [-0.2, 0) is 16.1 Å². The second-order valence-electron chi connectivity index (χ2n) is 4.37. The van der Waals surface area contributed by atoms with Crippen LogP contribution >= 0.6 is 0 Å². The highest BCUT2D eigenvalue weighted by molar-refractivity contribution is 5.93. The van der Waals surface area contributed by atoms with Crippen LogP contribution in [0.15, 0.2) is 47.1 Å². The Labute approximate surface area is 117 Å². The van der Waals surface area contributed by atoms with E-state index in [0.717, 1.165) is 5.76 Å². The van der Waals surface area contributed by atoms with Gasteiger partial charge in [-0.2, -0.15) is 0 Å². The molecular weight excluding hydrogens is 256 g/mol. The Hall–Kier alpha value is -2.27. The fourth-order valence-electron chi connectivity index (χ4n) is 1.73. The molecule has 2 aromatic rings. The van der Waals surface area contributed by atoms with Crippen molar-refractivity contribution in [2.45, 2.75) is 19.4 Å². The Morgan fingerprint density at radius 3 is 2.85 bits per heavy atom. The molecule has 0 fully saturated rings. The lowest BCUT2D eigenvalue weighted by Gasteiger charge is -2.07. The quantitative estimate of drug-likeness (QED) is 0.601. The van der Waals surface area contributed by atoms with Gasteiger partial charge in [0, 0.05) is 13.0 Å². The zero-order chi connectivity index (χ0) is 14.2. The molecule has 0 aliphatic heterocycles. The minimum atomic E-state index is -0.0653. The zero-order valence-electron chi connectivity index (χ0n) is 11.2. The summed E-state index contributed by atoms with van der Waals surface area (Å²) in [6, 6.07) is 10.9. The highest BCUT2D eigenvalue weighted by Crippen LogP contribution is 2.16. The molecule has 1 amide bonds. The standard InChI is InChI=1S/C15H18N2O3/c16-13-6-1-2-7-14(13)17-15(18)8-4-9-19-11-12-5-3-10-20-12/h1-3,5-7,10H,4,8-9,11,16H2,(H,17,18). The first-order valence-corrected chi connectivity index (χ1v) is 6.50. The molecule has 5 nitrogen and oxygen atoms in total. The summed E-state index contributed by atoms with van der Waals surface area (Å²) in [5.41, 5.74) is 6.96. The number of carbonyl (C=O) groups excluding carboxylic acids is 1. The number of nitrogens with two attached hydrogens (primary N) is 1. The van der Waals surface area contributed by atoms with Gasteiger partial charge in [-0.05, 0) is 30.7 Å². The van der Waals surface area contributed by atoms with Crippen molar-refractivity contribution in [1.82, 2.24) is 0 Å². The Morgan fingerprint density at radius 1 is 1.25 bits per heavy atom. The van der Waals surface area contributed by atoms with Crippen LogP contribution in [0.2, 0.25) is 0 Å². The monoisotopic (exact) mass is 274 g/mol. The first-order valence-electron chi connectivity index (χ1n) is 6.50. The Kier molecular flexibility index (Phi) is 5.20. The van der Waals surface area contributed by atoms with Crippen LogP contribution in [0.25, 0.3) is 0 Å². The molecule has 0 radical (unpaired) electrons. The van der Waals surface area contributed by atoms with Gasteiger partial charge in [0.25, 0.3) is 0 Å². The molecule has 1 heterocycles. The summed E-state index contributed by atoms with van der Waals surface area (Å²) in [7, 11) is 0. The molecule has 0 aliphatic carbocycles. The molecule has 0 spiro atoms. The van der Waals surface area contributed by atoms with Gasteiger partial charge in [0.2, 0.25) is 5.91 Å². The van der Waals surface area contributed by atoms with Crippen molar-refractivity contribution in [1.29, 1.82) is 0 Å². The van der Waals surface area contributed by atoms with E-state index < -0.39 is 0 Å². The van der Waals surface area contributed by atoms with Gasteiger partial charge in [-0.25, -0.2) is 0 Å². The molecule has 0 bridgehead atoms. The predicted molar refractivity (Wildman–Crippen MR) is 77.1 cm³/mol. The van der Waals surface area contributed by atoms with Crippen molar-refractivity contribution in [2.24, 2.45) is 0 Å². The topological polar surface area (TPSA) is 77.5 Å². The molecule has 0 atom stereocenters. The van der Waals surface area contributed by atoms with Gasteiger partial charge in [0.05, 0.1) is 17.6 Å². The number of rotatable bonds is 7. The first-order chi connectivity index (χ1) is 9.75. The molecule has 1 aromatic heterocycles. The normalized spacial score (nSPS) is 10.4. The van der Waals surface area contributed by atoms with E-state index in [1.165, 1.54) is 0 Å². The number of nitrogen functional groups attached to an aromatic ring is 1. The van der Waals surface area contributed by atoms with Gasteiger partial charge >= 0.3 is 0 Å². The van der Waals surface area contributed by atoms with Crippen molar-refractivity contribution < 1.29 is 13.9 Å². The van der Waals surface area contributed by atoms with Gasteiger partial charge in [-0.15, -0.1) is 0 Å². The molecule has 0 unspecified atom stereocenters. The molecule has 5 heteroatoms. The minimum absolute atomic E-state index is 0.0653. The number of para-hydroxylation sites is 2. The van der Waals surface area contributed by atoms with E-state index in [1.54, 1.807) is 18.4 Å². The van der Waals surface area contributed by atoms with E-state index >= 15 is 0 Å². The molecule has 2 rings (SSSR count). The van der Waals surface area contributed by atoms with E-state index in [4.69, 9.17) is 14.9 Å². The Morgan fingerprint density at radius 2 is 2.10 bits per heavy atom. The lowest BCUT2D eigenvalue weighted by molar-refractivity contribution is -0.116. The van der Waals surface area contributed by atoms with E-state index in [2.05, 4.69) is 5.32 Å². The van der Waals surface area contributed by atoms with Gasteiger partial charge in [0.1, 0.15) is 12.4 Å². The lowest BCUT2D eigenvalue weighted by atomic mass is 10.2. The minimum Gasteiger partial charge on any atom is -0.467 e. The second kappa shape index (κ2) is 7.35. The largest absolute Gasteiger partial charge is 0.467 e. The Balaban J connectivity index is 1.62. The van der Waals surface area contributed by atoms with Gasteiger partial charge in [-0.1, -0.05) is 12.1 Å². The van der Waals surface area contributed by atoms with Crippen molar-refractivity contribution in [3.05, 3.63) is 48.4 Å². The maximum atomic E-state index is 11.7. The van der Waals surface area contributed by atoms with Gasteiger partial charge in [0.15, 0.2) is 0 Å². The number of anilines is 2. The van der Waals surface area contributed by atoms with Crippen LogP contribution in [0, 0.1) is 0 Å². The highest BCUT2D eigenvalue weighted by Gasteiger charge is 2.04. The zero-order valence-corrected chi connectivity index (χ0v) is 11.2. The Bertz CT molecular complexity index is 538. The highest BCUT2D eigenvalue weighted by atomic mass is 16.5. The number of benzene rings is 1. The molecule has 20 heavy (non-hydrogen) atoms. The summed E-state index contributed by atoms with van der Waals surface area (Å²) in [5.74, 6) is 0.719. The third-order valence-corrected chi connectivity index (χ3v) is 2.75. The maximum absolute atomic E-state index is 11.7. The fraction of sp³-hybridized carbons (Fsp3) is 0.267. The number of hydrogen-bond donors (Lipinski definition) is 2. The first kappa shape index (κ1) is 14.1. The number of furan rings is 1. The third kappa shape index (κ3) is 4.44. The average Bonchev–Trinajstić information content (AvgIpc) is 2.94. The van der Waals surface area contributed by atoms with Crippen LogP contribution in [0.3, 0.4) is 0 Å². The number of hydrogen-bond acceptors (Lipinski definition) is 4.